The zero-order valence-electron chi connectivity index (χ0n) is 13.5. The van der Waals surface area contributed by atoms with Gasteiger partial charge in [0.2, 0.25) is 5.91 Å². The Balaban J connectivity index is 1.60. The van der Waals surface area contributed by atoms with E-state index in [9.17, 15) is 4.79 Å². The normalized spacial score (nSPS) is 29.2. The number of rotatable bonds is 5. The molecule has 1 amide bonds. The summed E-state index contributed by atoms with van der Waals surface area (Å²) in [7, 11) is 1.90. The molecule has 1 heterocycles. The number of nitrogens with two attached hydrogens (primary N) is 1. The second kappa shape index (κ2) is 5.88. The van der Waals surface area contributed by atoms with Crippen LogP contribution >= 0.6 is 0 Å². The molecule has 3 rings (SSSR count). The average Bonchev–Trinajstić information content (AvgIpc) is 3.33. The van der Waals surface area contributed by atoms with Crippen LogP contribution in [0.2, 0.25) is 0 Å². The molecule has 21 heavy (non-hydrogen) atoms. The van der Waals surface area contributed by atoms with Crippen molar-refractivity contribution in [2.45, 2.75) is 63.3 Å². The summed E-state index contributed by atoms with van der Waals surface area (Å²) in [5.74, 6) is 0.288. The van der Waals surface area contributed by atoms with Gasteiger partial charge in [0, 0.05) is 6.54 Å². The Bertz CT molecular complexity index is 377. The molecular weight excluding hydrogens is 262 g/mol. The third-order valence-corrected chi connectivity index (χ3v) is 6.46. The Kier molecular flexibility index (Phi) is 4.28. The van der Waals surface area contributed by atoms with E-state index in [4.69, 9.17) is 5.73 Å². The molecule has 3 aliphatic rings. The van der Waals surface area contributed by atoms with Crippen molar-refractivity contribution in [3.8, 4) is 0 Å². The molecule has 4 nitrogen and oxygen atoms in total. The molecule has 0 radical (unpaired) electrons. The second-order valence-electron chi connectivity index (χ2n) is 7.70. The summed E-state index contributed by atoms with van der Waals surface area (Å²) in [6.07, 6.45) is 12.0. The number of primary amides is 1. The number of likely N-dealkylation sites (tertiary alicyclic amines) is 1. The molecule has 0 bridgehead atoms. The van der Waals surface area contributed by atoms with Crippen molar-refractivity contribution in [3.63, 3.8) is 0 Å². The number of amides is 1. The summed E-state index contributed by atoms with van der Waals surface area (Å²) >= 11 is 0. The van der Waals surface area contributed by atoms with E-state index in [0.717, 1.165) is 32.5 Å². The van der Waals surface area contributed by atoms with Gasteiger partial charge in [0.1, 0.15) is 5.54 Å². The van der Waals surface area contributed by atoms with E-state index >= 15 is 0 Å². The van der Waals surface area contributed by atoms with Gasteiger partial charge in [0.15, 0.2) is 0 Å². The first kappa shape index (κ1) is 15.3. The number of hydrogen-bond donors (Lipinski definition) is 2. The number of nitrogens with one attached hydrogen (secondary N) is 1. The highest BCUT2D eigenvalue weighted by Crippen LogP contribution is 2.45. The fourth-order valence-electron chi connectivity index (χ4n) is 4.73. The molecule has 1 saturated heterocycles. The van der Waals surface area contributed by atoms with E-state index < -0.39 is 5.54 Å². The van der Waals surface area contributed by atoms with Gasteiger partial charge in [0.25, 0.3) is 0 Å². The van der Waals surface area contributed by atoms with Crippen molar-refractivity contribution in [1.82, 2.24) is 10.2 Å². The summed E-state index contributed by atoms with van der Waals surface area (Å²) in [6, 6.07) is 0. The van der Waals surface area contributed by atoms with Crippen LogP contribution in [0.1, 0.15) is 57.8 Å². The van der Waals surface area contributed by atoms with Gasteiger partial charge in [-0.05, 0) is 70.0 Å². The Morgan fingerprint density at radius 1 is 1.19 bits per heavy atom. The first-order valence-corrected chi connectivity index (χ1v) is 8.81. The molecule has 3 fully saturated rings. The Hall–Kier alpha value is -0.610. The third-order valence-electron chi connectivity index (χ3n) is 6.46. The summed E-state index contributed by atoms with van der Waals surface area (Å²) in [4.78, 5) is 14.5. The molecule has 0 aromatic heterocycles. The smallest absolute Gasteiger partial charge is 0.239 e. The van der Waals surface area contributed by atoms with Crippen molar-refractivity contribution in [2.24, 2.45) is 17.1 Å². The molecule has 120 valence electrons. The topological polar surface area (TPSA) is 58.4 Å². The van der Waals surface area contributed by atoms with E-state index in [-0.39, 0.29) is 5.91 Å². The molecule has 0 aromatic carbocycles. The molecule has 2 aliphatic carbocycles. The minimum absolute atomic E-state index is 0.162. The average molecular weight is 293 g/mol. The van der Waals surface area contributed by atoms with Crippen LogP contribution in [0, 0.1) is 11.3 Å². The highest BCUT2D eigenvalue weighted by molar-refractivity contribution is 5.86. The highest BCUT2D eigenvalue weighted by atomic mass is 16.1. The Labute approximate surface area is 128 Å². The number of likely N-dealkylation sites (N-methyl/N-ethyl adjacent to an activating group) is 1. The SMILES string of the molecule is CNC(CN1CCC2(CCCCC2)CC1)(C(N)=O)C1CC1. The predicted molar refractivity (Wildman–Crippen MR) is 84.9 cm³/mol. The first-order valence-electron chi connectivity index (χ1n) is 8.81. The van der Waals surface area contributed by atoms with Crippen LogP contribution in [0.3, 0.4) is 0 Å². The van der Waals surface area contributed by atoms with Crippen molar-refractivity contribution in [1.29, 1.82) is 0 Å². The van der Waals surface area contributed by atoms with Gasteiger partial charge in [-0.25, -0.2) is 0 Å². The summed E-state index contributed by atoms with van der Waals surface area (Å²) in [5.41, 5.74) is 5.89. The fourth-order valence-corrected chi connectivity index (χ4v) is 4.73. The monoisotopic (exact) mass is 293 g/mol. The van der Waals surface area contributed by atoms with Gasteiger partial charge < -0.3 is 16.0 Å². The molecule has 0 aromatic rings. The van der Waals surface area contributed by atoms with E-state index in [0.29, 0.717) is 11.3 Å². The van der Waals surface area contributed by atoms with E-state index in [1.807, 2.05) is 7.05 Å². The fraction of sp³-hybridized carbons (Fsp3) is 0.941. The lowest BCUT2D eigenvalue weighted by Crippen LogP contribution is -2.63. The van der Waals surface area contributed by atoms with Gasteiger partial charge in [-0.3, -0.25) is 4.79 Å². The number of piperidine rings is 1. The maximum absolute atomic E-state index is 12.0. The van der Waals surface area contributed by atoms with E-state index in [2.05, 4.69) is 10.2 Å². The lowest BCUT2D eigenvalue weighted by Gasteiger charge is -2.46. The van der Waals surface area contributed by atoms with Gasteiger partial charge >= 0.3 is 0 Å². The van der Waals surface area contributed by atoms with E-state index in [1.54, 1.807) is 0 Å². The number of nitrogens with zero attached hydrogens (tertiary/aromatic N) is 1. The second-order valence-corrected chi connectivity index (χ2v) is 7.70. The number of hydrogen-bond acceptors (Lipinski definition) is 3. The first-order chi connectivity index (χ1) is 10.1. The number of carbonyl (C=O) groups is 1. The quantitative estimate of drug-likeness (QED) is 0.814. The highest BCUT2D eigenvalue weighted by Gasteiger charge is 2.50. The molecule has 2 saturated carbocycles. The minimum atomic E-state index is -0.489. The molecule has 1 atom stereocenters. The zero-order valence-corrected chi connectivity index (χ0v) is 13.5. The van der Waals surface area contributed by atoms with Crippen molar-refractivity contribution in [3.05, 3.63) is 0 Å². The molecule has 4 heteroatoms. The summed E-state index contributed by atoms with van der Waals surface area (Å²) in [6.45, 7) is 3.09. The van der Waals surface area contributed by atoms with E-state index in [1.165, 1.54) is 44.9 Å². The Morgan fingerprint density at radius 2 is 1.81 bits per heavy atom. The van der Waals surface area contributed by atoms with Crippen LogP contribution in [-0.2, 0) is 4.79 Å². The van der Waals surface area contributed by atoms with Crippen LogP contribution in [-0.4, -0.2) is 43.0 Å². The minimum Gasteiger partial charge on any atom is -0.368 e. The van der Waals surface area contributed by atoms with Gasteiger partial charge in [-0.2, -0.15) is 0 Å². The maximum Gasteiger partial charge on any atom is 0.239 e. The summed E-state index contributed by atoms with van der Waals surface area (Å²) < 4.78 is 0. The predicted octanol–water partition coefficient (Wildman–Crippen LogP) is 1.89. The molecule has 1 aliphatic heterocycles. The summed E-state index contributed by atoms with van der Waals surface area (Å²) in [5, 5.41) is 3.28. The largest absolute Gasteiger partial charge is 0.368 e. The lowest BCUT2D eigenvalue weighted by atomic mass is 9.68. The Morgan fingerprint density at radius 3 is 2.29 bits per heavy atom. The van der Waals surface area contributed by atoms with Crippen LogP contribution in [0.4, 0.5) is 0 Å². The van der Waals surface area contributed by atoms with Gasteiger partial charge in [0.05, 0.1) is 0 Å². The maximum atomic E-state index is 12.0. The molecule has 1 spiro atoms. The van der Waals surface area contributed by atoms with Crippen molar-refractivity contribution < 1.29 is 4.79 Å². The van der Waals surface area contributed by atoms with Gasteiger partial charge in [-0.15, -0.1) is 0 Å². The lowest BCUT2D eigenvalue weighted by molar-refractivity contribution is -0.126. The third kappa shape index (κ3) is 2.98. The van der Waals surface area contributed by atoms with Crippen molar-refractivity contribution >= 4 is 5.91 Å². The molecule has 3 N–H and O–H groups in total. The van der Waals surface area contributed by atoms with Crippen LogP contribution < -0.4 is 11.1 Å². The van der Waals surface area contributed by atoms with Crippen LogP contribution in [0.15, 0.2) is 0 Å². The number of carbonyl (C=O) groups excluding carboxylic acids is 1. The van der Waals surface area contributed by atoms with Gasteiger partial charge in [-0.1, -0.05) is 19.3 Å². The van der Waals surface area contributed by atoms with Crippen LogP contribution in [0.5, 0.6) is 0 Å². The zero-order chi connectivity index (χ0) is 14.9. The molecular formula is C17H31N3O. The standard InChI is InChI=1S/C17H31N3O/c1-19-17(15(18)21,14-5-6-14)13-20-11-9-16(10-12-20)7-3-2-4-8-16/h14,19H,2-13H2,1H3,(H2,18,21). The van der Waals surface area contributed by atoms with Crippen molar-refractivity contribution in [2.75, 3.05) is 26.7 Å². The molecule has 1 unspecified atom stereocenters. The van der Waals surface area contributed by atoms with Crippen LogP contribution in [0.25, 0.3) is 0 Å².